The average Bonchev–Trinajstić information content (AvgIpc) is 3.00. The summed E-state index contributed by atoms with van der Waals surface area (Å²) in [6.45, 7) is 2.30. The maximum atomic E-state index is 12.4. The smallest absolute Gasteiger partial charge is 0.347 e. The van der Waals surface area contributed by atoms with Crippen molar-refractivity contribution < 1.29 is 8.83 Å². The third-order valence-electron chi connectivity index (χ3n) is 3.94. The first-order valence-corrected chi connectivity index (χ1v) is 7.99. The molecule has 0 aliphatic heterocycles. The normalized spacial score (nSPS) is 10.9. The van der Waals surface area contributed by atoms with Gasteiger partial charge in [0.1, 0.15) is 16.7 Å². The Labute approximate surface area is 143 Å². The van der Waals surface area contributed by atoms with Crippen LogP contribution < -0.4 is 10.9 Å². The van der Waals surface area contributed by atoms with Gasteiger partial charge in [-0.15, -0.1) is 0 Å². The number of aromatic nitrogens is 1. The van der Waals surface area contributed by atoms with Crippen molar-refractivity contribution >= 4 is 16.9 Å². The van der Waals surface area contributed by atoms with Crippen LogP contribution in [0.25, 0.3) is 22.2 Å². The monoisotopic (exact) mass is 332 g/mol. The number of hydrogen-bond acceptors (Lipinski definition) is 5. The van der Waals surface area contributed by atoms with Gasteiger partial charge in [0.15, 0.2) is 0 Å². The first kappa shape index (κ1) is 15.2. The fourth-order valence-electron chi connectivity index (χ4n) is 2.82. The van der Waals surface area contributed by atoms with Gasteiger partial charge in [0.2, 0.25) is 5.88 Å². The maximum absolute atomic E-state index is 12.4. The van der Waals surface area contributed by atoms with Gasteiger partial charge < -0.3 is 14.2 Å². The lowest BCUT2D eigenvalue weighted by atomic mass is 10.1. The minimum absolute atomic E-state index is 0.403. The molecule has 5 nitrogen and oxygen atoms in total. The summed E-state index contributed by atoms with van der Waals surface area (Å²) >= 11 is 0. The fourth-order valence-corrected chi connectivity index (χ4v) is 2.82. The maximum Gasteiger partial charge on any atom is 0.347 e. The van der Waals surface area contributed by atoms with E-state index < -0.39 is 5.63 Å². The second-order valence-electron chi connectivity index (χ2n) is 5.74. The minimum Gasteiger partial charge on any atom is -0.440 e. The zero-order chi connectivity index (χ0) is 17.2. The highest BCUT2D eigenvalue weighted by Gasteiger charge is 2.21. The molecule has 0 saturated carbocycles. The van der Waals surface area contributed by atoms with Gasteiger partial charge in [0.25, 0.3) is 0 Å². The lowest BCUT2D eigenvalue weighted by Crippen LogP contribution is -2.02. The second-order valence-corrected chi connectivity index (χ2v) is 5.74. The summed E-state index contributed by atoms with van der Waals surface area (Å²) in [7, 11) is 0. The molecule has 1 aromatic carbocycles. The highest BCUT2D eigenvalue weighted by atomic mass is 16.4. The quantitative estimate of drug-likeness (QED) is 0.601. The van der Waals surface area contributed by atoms with E-state index in [1.807, 2.05) is 48.5 Å². The Bertz CT molecular complexity index is 1070. The Morgan fingerprint density at radius 3 is 2.60 bits per heavy atom. The number of aryl methyl sites for hydroxylation is 1. The van der Waals surface area contributed by atoms with E-state index in [1.54, 1.807) is 19.2 Å². The van der Waals surface area contributed by atoms with Crippen LogP contribution in [0.3, 0.4) is 0 Å². The van der Waals surface area contributed by atoms with Crippen LogP contribution in [-0.2, 0) is 6.54 Å². The second kappa shape index (κ2) is 6.28. The summed E-state index contributed by atoms with van der Waals surface area (Å²) in [4.78, 5) is 16.8. The fraction of sp³-hybridized carbons (Fsp3) is 0.100. The van der Waals surface area contributed by atoms with Gasteiger partial charge in [-0.25, -0.2) is 4.79 Å². The predicted molar refractivity (Wildman–Crippen MR) is 96.5 cm³/mol. The first-order valence-electron chi connectivity index (χ1n) is 7.99. The molecule has 0 spiro atoms. The van der Waals surface area contributed by atoms with Gasteiger partial charge in [-0.1, -0.05) is 36.4 Å². The molecule has 3 heterocycles. The number of furan rings is 1. The predicted octanol–water partition coefficient (Wildman–Crippen LogP) is 4.37. The van der Waals surface area contributed by atoms with E-state index in [9.17, 15) is 4.79 Å². The molecule has 0 fully saturated rings. The SMILES string of the molecule is Cc1cc2oc(NCc3ccccc3)c(-c3ccccn3)c2c(=O)o1. The van der Waals surface area contributed by atoms with E-state index in [-0.39, 0.29) is 0 Å². The number of benzene rings is 1. The average molecular weight is 332 g/mol. The number of hydrogen-bond donors (Lipinski definition) is 1. The summed E-state index contributed by atoms with van der Waals surface area (Å²) in [6, 6.07) is 17.2. The molecule has 0 aliphatic rings. The molecule has 0 amide bonds. The zero-order valence-corrected chi connectivity index (χ0v) is 13.7. The highest BCUT2D eigenvalue weighted by molar-refractivity contribution is 5.98. The van der Waals surface area contributed by atoms with Gasteiger partial charge in [-0.05, 0) is 24.6 Å². The Kier molecular flexibility index (Phi) is 3.82. The minimum atomic E-state index is -0.424. The molecule has 0 unspecified atom stereocenters. The van der Waals surface area contributed by atoms with Crippen molar-refractivity contribution in [2.75, 3.05) is 5.32 Å². The van der Waals surface area contributed by atoms with Crippen molar-refractivity contribution in [1.82, 2.24) is 4.98 Å². The molecule has 4 aromatic rings. The molecule has 0 saturated heterocycles. The van der Waals surface area contributed by atoms with E-state index in [2.05, 4.69) is 10.3 Å². The summed E-state index contributed by atoms with van der Waals surface area (Å²) in [6.07, 6.45) is 1.69. The molecule has 0 bridgehead atoms. The van der Waals surface area contributed by atoms with Crippen molar-refractivity contribution in [1.29, 1.82) is 0 Å². The van der Waals surface area contributed by atoms with E-state index in [1.165, 1.54) is 0 Å². The van der Waals surface area contributed by atoms with Crippen molar-refractivity contribution in [3.05, 3.63) is 82.5 Å². The lowest BCUT2D eigenvalue weighted by Gasteiger charge is -2.06. The summed E-state index contributed by atoms with van der Waals surface area (Å²) in [5, 5.41) is 3.68. The standard InChI is InChI=1S/C20H16N2O3/c1-13-11-16-18(20(23)24-13)17(15-9-5-6-10-21-15)19(25-16)22-12-14-7-3-2-4-8-14/h2-11,22H,12H2,1H3. The van der Waals surface area contributed by atoms with Gasteiger partial charge in [-0.3, -0.25) is 4.98 Å². The van der Waals surface area contributed by atoms with Crippen molar-refractivity contribution in [3.8, 4) is 11.3 Å². The summed E-state index contributed by atoms with van der Waals surface area (Å²) in [5.74, 6) is 1.02. The van der Waals surface area contributed by atoms with E-state index in [4.69, 9.17) is 8.83 Å². The molecule has 5 heteroatoms. The number of nitrogens with one attached hydrogen (secondary N) is 1. The Morgan fingerprint density at radius 2 is 1.84 bits per heavy atom. The van der Waals surface area contributed by atoms with Crippen LogP contribution in [0.15, 0.2) is 74.4 Å². The van der Waals surface area contributed by atoms with Gasteiger partial charge >= 0.3 is 5.63 Å². The molecule has 0 atom stereocenters. The van der Waals surface area contributed by atoms with Crippen LogP contribution in [-0.4, -0.2) is 4.98 Å². The van der Waals surface area contributed by atoms with Crippen molar-refractivity contribution in [3.63, 3.8) is 0 Å². The summed E-state index contributed by atoms with van der Waals surface area (Å²) in [5.41, 5.74) is 2.46. The van der Waals surface area contributed by atoms with Crippen LogP contribution in [0.1, 0.15) is 11.3 Å². The third-order valence-corrected chi connectivity index (χ3v) is 3.94. The number of anilines is 1. The highest BCUT2D eigenvalue weighted by Crippen LogP contribution is 2.36. The number of rotatable bonds is 4. The Balaban J connectivity index is 1.85. The Morgan fingerprint density at radius 1 is 1.04 bits per heavy atom. The van der Waals surface area contributed by atoms with Crippen molar-refractivity contribution in [2.24, 2.45) is 0 Å². The van der Waals surface area contributed by atoms with Gasteiger partial charge in [0.05, 0.1) is 11.3 Å². The molecule has 0 aliphatic carbocycles. The van der Waals surface area contributed by atoms with Gasteiger partial charge in [-0.2, -0.15) is 0 Å². The van der Waals surface area contributed by atoms with E-state index >= 15 is 0 Å². The van der Waals surface area contributed by atoms with Crippen LogP contribution in [0.5, 0.6) is 0 Å². The number of fused-ring (bicyclic) bond motifs is 1. The number of pyridine rings is 1. The van der Waals surface area contributed by atoms with Crippen LogP contribution in [0, 0.1) is 6.92 Å². The molecule has 4 rings (SSSR count). The molecular formula is C20H16N2O3. The van der Waals surface area contributed by atoms with Crippen molar-refractivity contribution in [2.45, 2.75) is 13.5 Å². The van der Waals surface area contributed by atoms with Crippen LogP contribution >= 0.6 is 0 Å². The molecular weight excluding hydrogens is 316 g/mol. The van der Waals surface area contributed by atoms with Crippen LogP contribution in [0.4, 0.5) is 5.88 Å². The molecule has 1 N–H and O–H groups in total. The van der Waals surface area contributed by atoms with E-state index in [0.29, 0.717) is 40.4 Å². The Hall–Kier alpha value is -3.34. The zero-order valence-electron chi connectivity index (χ0n) is 13.7. The topological polar surface area (TPSA) is 68.3 Å². The first-order chi connectivity index (χ1) is 12.2. The largest absolute Gasteiger partial charge is 0.440 e. The summed E-state index contributed by atoms with van der Waals surface area (Å²) < 4.78 is 11.2. The molecule has 3 aromatic heterocycles. The van der Waals surface area contributed by atoms with Crippen LogP contribution in [0.2, 0.25) is 0 Å². The molecule has 0 radical (unpaired) electrons. The number of nitrogens with zero attached hydrogens (tertiary/aromatic N) is 1. The third kappa shape index (κ3) is 2.92. The lowest BCUT2D eigenvalue weighted by molar-refractivity contribution is 0.485. The molecule has 124 valence electrons. The molecule has 25 heavy (non-hydrogen) atoms. The van der Waals surface area contributed by atoms with Gasteiger partial charge in [0, 0.05) is 18.8 Å². The van der Waals surface area contributed by atoms with E-state index in [0.717, 1.165) is 5.56 Å².